The van der Waals surface area contributed by atoms with Crippen molar-refractivity contribution in [3.8, 4) is 5.75 Å². The van der Waals surface area contributed by atoms with Crippen molar-refractivity contribution in [2.75, 3.05) is 0 Å². The lowest BCUT2D eigenvalue weighted by Gasteiger charge is -2.50. The van der Waals surface area contributed by atoms with Crippen LogP contribution in [-0.2, 0) is 27.8 Å². The minimum Gasteiger partial charge on any atom is -0.744 e. The summed E-state index contributed by atoms with van der Waals surface area (Å²) in [6.07, 6.45) is 2.67. The van der Waals surface area contributed by atoms with Crippen molar-refractivity contribution in [2.24, 2.45) is 5.92 Å². The number of hydrogen-bond donors (Lipinski definition) is 0. The zero-order chi connectivity index (χ0) is 30.2. The Morgan fingerprint density at radius 1 is 0.705 bits per heavy atom. The highest BCUT2D eigenvalue weighted by atomic mass is 32.2. The van der Waals surface area contributed by atoms with Gasteiger partial charge in [0, 0.05) is 17.8 Å². The van der Waals surface area contributed by atoms with Gasteiger partial charge in [0.05, 0.1) is 10.8 Å². The van der Waals surface area contributed by atoms with E-state index in [1.807, 2.05) is 18.2 Å². The minimum absolute atomic E-state index is 0.0355. The van der Waals surface area contributed by atoms with Crippen molar-refractivity contribution in [1.82, 2.24) is 0 Å². The van der Waals surface area contributed by atoms with Crippen LogP contribution >= 0.6 is 0 Å². The van der Waals surface area contributed by atoms with Crippen molar-refractivity contribution in [3.05, 3.63) is 142 Å². The molecule has 0 aliphatic heterocycles. The molecule has 4 aliphatic rings. The maximum atomic E-state index is 14.7. The largest absolute Gasteiger partial charge is 0.744 e. The van der Waals surface area contributed by atoms with Crippen LogP contribution in [0.15, 0.2) is 102 Å². The van der Waals surface area contributed by atoms with E-state index < -0.39 is 16.0 Å². The maximum Gasteiger partial charge on any atom is 0.315 e. The zero-order valence-electron chi connectivity index (χ0n) is 24.3. The molecule has 0 spiro atoms. The Morgan fingerprint density at radius 2 is 1.30 bits per heavy atom. The quantitative estimate of drug-likeness (QED) is 0.121. The number of benzene rings is 5. The zero-order valence-corrected chi connectivity index (χ0v) is 25.1. The van der Waals surface area contributed by atoms with E-state index in [2.05, 4.69) is 73.7 Å². The molecule has 6 heteroatoms. The Bertz CT molecular complexity index is 2050. The van der Waals surface area contributed by atoms with Gasteiger partial charge in [0.2, 0.25) is 0 Å². The summed E-state index contributed by atoms with van der Waals surface area (Å²) in [5.41, 5.74) is 8.28. The Hall–Kier alpha value is -4.26. The summed E-state index contributed by atoms with van der Waals surface area (Å²) in [5, 5.41) is 2.33. The Kier molecular flexibility index (Phi) is 6.30. The lowest BCUT2D eigenvalue weighted by molar-refractivity contribution is -0.141. The second-order valence-corrected chi connectivity index (χ2v) is 13.7. The fourth-order valence-corrected chi connectivity index (χ4v) is 9.21. The highest BCUT2D eigenvalue weighted by Gasteiger charge is 2.54. The molecule has 0 saturated carbocycles. The molecule has 2 atom stereocenters. The van der Waals surface area contributed by atoms with Gasteiger partial charge in [0.15, 0.2) is 0 Å². The van der Waals surface area contributed by atoms with Crippen molar-refractivity contribution in [1.29, 1.82) is 0 Å². The molecule has 2 unspecified atom stereocenters. The van der Waals surface area contributed by atoms with Crippen LogP contribution in [0, 0.1) is 12.8 Å². The Morgan fingerprint density at radius 3 is 1.95 bits per heavy atom. The van der Waals surface area contributed by atoms with Gasteiger partial charge in [-0.05, 0) is 100 Å². The summed E-state index contributed by atoms with van der Waals surface area (Å²) in [6.45, 7) is 2.15. The molecule has 0 amide bonds. The summed E-state index contributed by atoms with van der Waals surface area (Å²) in [5.74, 6) is -0.869. The highest BCUT2D eigenvalue weighted by Crippen LogP contribution is 2.62. The first kappa shape index (κ1) is 27.3. The molecular formula is C38H31O5S-. The standard InChI is InChI=1S/C38H32O5S/c1-22-24-11-3-2-10-23(24)18-19-25(22)36-34-28-14-6-8-16-30(28)35(31-17-9-7-15-29(31)34)37(36)38(39)43-32-20-21-33(44(40,41)42)27-13-5-4-12-26(27)32/h2-3,6-11,14-21,34-37H,4-5,12-13H2,1H3,(H,40,41,42)/p-1. The third kappa shape index (κ3) is 4.08. The van der Waals surface area contributed by atoms with Gasteiger partial charge in [0.1, 0.15) is 15.9 Å². The SMILES string of the molecule is Cc1c(C2C3c4ccccc4C(c4ccccc43)C2C(=O)Oc2ccc(S(=O)(=O)[O-])c3c2CCCC3)ccc2ccccc12. The third-order valence-corrected chi connectivity index (χ3v) is 11.2. The van der Waals surface area contributed by atoms with Crippen LogP contribution in [0.4, 0.5) is 0 Å². The molecule has 0 saturated heterocycles. The van der Waals surface area contributed by atoms with Gasteiger partial charge < -0.3 is 9.29 Å². The third-order valence-electron chi connectivity index (χ3n) is 10.2. The lowest BCUT2D eigenvalue weighted by atomic mass is 9.52. The van der Waals surface area contributed by atoms with Gasteiger partial charge in [-0.1, -0.05) is 84.9 Å². The summed E-state index contributed by atoms with van der Waals surface area (Å²) < 4.78 is 42.5. The topological polar surface area (TPSA) is 83.5 Å². The number of ether oxygens (including phenoxy) is 1. The van der Waals surface area contributed by atoms with Crippen LogP contribution in [0.5, 0.6) is 5.75 Å². The second-order valence-electron chi connectivity index (χ2n) is 12.4. The molecule has 5 nitrogen and oxygen atoms in total. The van der Waals surface area contributed by atoms with Crippen LogP contribution < -0.4 is 4.74 Å². The van der Waals surface area contributed by atoms with Gasteiger partial charge in [-0.25, -0.2) is 8.42 Å². The van der Waals surface area contributed by atoms with Gasteiger partial charge >= 0.3 is 5.97 Å². The minimum atomic E-state index is -4.64. The summed E-state index contributed by atoms with van der Waals surface area (Å²) >= 11 is 0. The van der Waals surface area contributed by atoms with Crippen LogP contribution in [0.2, 0.25) is 0 Å². The average molecular weight is 600 g/mol. The second kappa shape index (κ2) is 10.1. The van der Waals surface area contributed by atoms with Gasteiger partial charge in [-0.2, -0.15) is 0 Å². The molecule has 44 heavy (non-hydrogen) atoms. The summed E-state index contributed by atoms with van der Waals surface area (Å²) in [6, 6.07) is 32.4. The molecule has 0 N–H and O–H groups in total. The molecule has 220 valence electrons. The van der Waals surface area contributed by atoms with E-state index in [-0.39, 0.29) is 28.6 Å². The molecule has 5 aromatic carbocycles. The first-order chi connectivity index (χ1) is 21.3. The molecule has 9 rings (SSSR count). The van der Waals surface area contributed by atoms with Gasteiger partial charge in [0.25, 0.3) is 0 Å². The molecule has 4 aliphatic carbocycles. The smallest absolute Gasteiger partial charge is 0.315 e. The predicted molar refractivity (Wildman–Crippen MR) is 168 cm³/mol. The fraction of sp³-hybridized carbons (Fsp3) is 0.237. The fourth-order valence-electron chi connectivity index (χ4n) is 8.45. The molecule has 2 bridgehead atoms. The van der Waals surface area contributed by atoms with Crippen molar-refractivity contribution in [2.45, 2.75) is 55.3 Å². The molecular weight excluding hydrogens is 568 g/mol. The van der Waals surface area contributed by atoms with Gasteiger partial charge in [-0.15, -0.1) is 0 Å². The number of rotatable bonds is 4. The number of hydrogen-bond acceptors (Lipinski definition) is 5. The number of fused-ring (bicyclic) bond motifs is 3. The van der Waals surface area contributed by atoms with Crippen LogP contribution in [-0.4, -0.2) is 18.9 Å². The van der Waals surface area contributed by atoms with E-state index in [9.17, 15) is 17.8 Å². The van der Waals surface area contributed by atoms with Crippen LogP contribution in [0.1, 0.15) is 75.1 Å². The summed E-state index contributed by atoms with van der Waals surface area (Å²) in [7, 11) is -4.64. The highest BCUT2D eigenvalue weighted by molar-refractivity contribution is 7.85. The van der Waals surface area contributed by atoms with E-state index in [1.165, 1.54) is 28.6 Å². The first-order valence-corrected chi connectivity index (χ1v) is 16.7. The maximum absolute atomic E-state index is 14.7. The van der Waals surface area contributed by atoms with E-state index >= 15 is 0 Å². The number of aryl methyl sites for hydroxylation is 1. The van der Waals surface area contributed by atoms with Crippen LogP contribution in [0.25, 0.3) is 10.8 Å². The molecule has 0 heterocycles. The van der Waals surface area contributed by atoms with E-state index in [1.54, 1.807) is 0 Å². The van der Waals surface area contributed by atoms with Gasteiger partial charge in [-0.3, -0.25) is 4.79 Å². The monoisotopic (exact) mass is 599 g/mol. The van der Waals surface area contributed by atoms with Crippen molar-refractivity contribution in [3.63, 3.8) is 0 Å². The van der Waals surface area contributed by atoms with Crippen molar-refractivity contribution >= 4 is 26.9 Å². The van der Waals surface area contributed by atoms with Crippen LogP contribution in [0.3, 0.4) is 0 Å². The normalized spacial score (nSPS) is 21.8. The van der Waals surface area contributed by atoms with E-state index in [0.717, 1.165) is 40.5 Å². The molecule has 0 fully saturated rings. The molecule has 0 radical (unpaired) electrons. The van der Waals surface area contributed by atoms with E-state index in [0.29, 0.717) is 29.7 Å². The lowest BCUT2D eigenvalue weighted by Crippen LogP contribution is -2.44. The Balaban J connectivity index is 1.32. The first-order valence-electron chi connectivity index (χ1n) is 15.3. The molecule has 0 aromatic heterocycles. The van der Waals surface area contributed by atoms with Crippen molar-refractivity contribution < 1.29 is 22.5 Å². The Labute approximate surface area is 257 Å². The predicted octanol–water partition coefficient (Wildman–Crippen LogP) is 7.53. The number of carbonyl (C=O) groups is 1. The van der Waals surface area contributed by atoms with E-state index in [4.69, 9.17) is 4.74 Å². The molecule has 5 aromatic rings. The number of carbonyl (C=O) groups excluding carboxylic acids is 1. The average Bonchev–Trinajstić information content (AvgIpc) is 3.04. The summed E-state index contributed by atoms with van der Waals surface area (Å²) in [4.78, 5) is 14.5. The number of esters is 1.